The molecule has 1 saturated heterocycles. The zero-order chi connectivity index (χ0) is 53.8. The van der Waals surface area contributed by atoms with E-state index in [1.54, 1.807) is 30.3 Å². The van der Waals surface area contributed by atoms with Crippen molar-refractivity contribution in [2.24, 2.45) is 35.0 Å². The van der Waals surface area contributed by atoms with Gasteiger partial charge in [0.15, 0.2) is 5.78 Å². The summed E-state index contributed by atoms with van der Waals surface area (Å²) in [5, 5.41) is 49.8. The largest absolute Gasteiger partial charge is 0.396 e. The highest BCUT2D eigenvalue weighted by molar-refractivity contribution is 5.98. The van der Waals surface area contributed by atoms with Crippen molar-refractivity contribution in [1.29, 1.82) is 0 Å². The highest BCUT2D eigenvalue weighted by Gasteiger charge is 2.36. The highest BCUT2D eigenvalue weighted by atomic mass is 16.3. The number of unbranched alkanes of at least 4 members (excludes halogenated alkanes) is 4. The summed E-state index contributed by atoms with van der Waals surface area (Å²) in [6, 6.07) is 0.556. The van der Waals surface area contributed by atoms with Gasteiger partial charge >= 0.3 is 0 Å². The Morgan fingerprint density at radius 3 is 1.78 bits per heavy atom. The summed E-state index contributed by atoms with van der Waals surface area (Å²) in [5.41, 5.74) is 18.2. The molecule has 22 nitrogen and oxygen atoms in total. The minimum absolute atomic E-state index is 0.0678. The molecular weight excluding hydrogens is 933 g/mol. The number of nitrogens with two attached hydrogens (primary N) is 3. The summed E-state index contributed by atoms with van der Waals surface area (Å²) >= 11 is 0. The minimum atomic E-state index is -1.54. The number of carbonyl (C=O) groups is 9. The fraction of sp³-hybridized carbons (Fsp3) is 0.700. The van der Waals surface area contributed by atoms with Crippen molar-refractivity contribution in [2.45, 2.75) is 172 Å². The summed E-state index contributed by atoms with van der Waals surface area (Å²) in [4.78, 5) is 125. The van der Waals surface area contributed by atoms with Gasteiger partial charge in [-0.3, -0.25) is 43.2 Å². The number of benzene rings is 1. The molecule has 0 aromatic heterocycles. The first-order valence-corrected chi connectivity index (χ1v) is 25.5. The number of aliphatic hydroxyl groups excluding tert-OH is 3. The number of Topliss-reactive ketones (excluding diaryl/α,β-unsaturated/α-hetero) is 2. The molecule has 0 spiro atoms. The van der Waals surface area contributed by atoms with Crippen LogP contribution in [0.2, 0.25) is 0 Å². The van der Waals surface area contributed by atoms with E-state index in [1.807, 2.05) is 13.8 Å². The molecule has 1 heterocycles. The van der Waals surface area contributed by atoms with Gasteiger partial charge in [-0.2, -0.15) is 0 Å². The Balaban J connectivity index is 2.64. The average Bonchev–Trinajstić information content (AvgIpc) is 3.32. The molecule has 0 aliphatic carbocycles. The van der Waals surface area contributed by atoms with Crippen LogP contribution in [0.4, 0.5) is 0 Å². The van der Waals surface area contributed by atoms with E-state index in [9.17, 15) is 58.5 Å². The fourth-order valence-corrected chi connectivity index (χ4v) is 8.29. The maximum absolute atomic E-state index is 14.3. The maximum atomic E-state index is 14.3. The molecule has 22 heteroatoms. The first kappa shape index (κ1) is 62.7. The highest BCUT2D eigenvalue weighted by Crippen LogP contribution is 2.16. The normalized spacial score (nSPS) is 23.9. The molecule has 1 aromatic rings. The van der Waals surface area contributed by atoms with Crippen molar-refractivity contribution in [3.63, 3.8) is 0 Å². The molecular formula is C50H84N10O12. The van der Waals surface area contributed by atoms with Gasteiger partial charge in [0.05, 0.1) is 36.7 Å². The molecule has 10 atom stereocenters. The third-order valence-corrected chi connectivity index (χ3v) is 12.5. The monoisotopic (exact) mass is 1020 g/mol. The second kappa shape index (κ2) is 34.1. The second-order valence-electron chi connectivity index (χ2n) is 19.2. The Kier molecular flexibility index (Phi) is 29.7. The van der Waals surface area contributed by atoms with Crippen LogP contribution in [0.25, 0.3) is 0 Å². The smallest absolute Gasteiger partial charge is 0.243 e. The zero-order valence-corrected chi connectivity index (χ0v) is 42.6. The first-order valence-electron chi connectivity index (χ1n) is 25.5. The Hall–Kier alpha value is -5.39. The van der Waals surface area contributed by atoms with Gasteiger partial charge in [0.2, 0.25) is 41.4 Å². The molecule has 1 aliphatic rings. The fourth-order valence-electron chi connectivity index (χ4n) is 8.29. The summed E-state index contributed by atoms with van der Waals surface area (Å²) in [6.45, 7) is 5.55. The van der Waals surface area contributed by atoms with Gasteiger partial charge in [0.1, 0.15) is 36.0 Å². The lowest BCUT2D eigenvalue weighted by atomic mass is 9.92. The molecule has 1 aliphatic heterocycles. The Morgan fingerprint density at radius 2 is 1.21 bits per heavy atom. The molecule has 2 rings (SSSR count). The predicted octanol–water partition coefficient (Wildman–Crippen LogP) is -1.61. The van der Waals surface area contributed by atoms with E-state index < -0.39 is 133 Å². The Labute approximate surface area is 423 Å². The van der Waals surface area contributed by atoms with Crippen molar-refractivity contribution in [3.05, 3.63) is 35.9 Å². The Bertz CT molecular complexity index is 1890. The lowest BCUT2D eigenvalue weighted by Crippen LogP contribution is -2.60. The van der Waals surface area contributed by atoms with Gasteiger partial charge in [0.25, 0.3) is 0 Å². The van der Waals surface area contributed by atoms with Crippen LogP contribution < -0.4 is 54.4 Å². The van der Waals surface area contributed by atoms with E-state index in [4.69, 9.17) is 17.2 Å². The van der Waals surface area contributed by atoms with Gasteiger partial charge < -0.3 is 69.7 Å². The third kappa shape index (κ3) is 23.0. The summed E-state index contributed by atoms with van der Waals surface area (Å²) in [5.74, 6) is -9.95. The molecule has 72 heavy (non-hydrogen) atoms. The quantitative estimate of drug-likeness (QED) is 0.0518. The van der Waals surface area contributed by atoms with E-state index in [0.29, 0.717) is 18.4 Å². The number of ketones is 2. The van der Waals surface area contributed by atoms with E-state index in [2.05, 4.69) is 44.1 Å². The second-order valence-corrected chi connectivity index (χ2v) is 19.2. The van der Waals surface area contributed by atoms with Crippen LogP contribution in [0.3, 0.4) is 0 Å². The summed E-state index contributed by atoms with van der Waals surface area (Å²) in [7, 11) is 0. The molecule has 16 N–H and O–H groups in total. The van der Waals surface area contributed by atoms with E-state index in [0.717, 1.165) is 25.7 Å². The number of nitrogens with one attached hydrogen (secondary N) is 7. The van der Waals surface area contributed by atoms with Crippen molar-refractivity contribution in [1.82, 2.24) is 37.2 Å². The molecule has 0 saturated carbocycles. The van der Waals surface area contributed by atoms with Crippen LogP contribution in [0.15, 0.2) is 30.3 Å². The number of carbonyl (C=O) groups excluding carboxylic acids is 9. The zero-order valence-electron chi connectivity index (χ0n) is 42.6. The van der Waals surface area contributed by atoms with Gasteiger partial charge in [-0.25, -0.2) is 0 Å². The van der Waals surface area contributed by atoms with Crippen LogP contribution in [0.5, 0.6) is 0 Å². The van der Waals surface area contributed by atoms with E-state index >= 15 is 0 Å². The van der Waals surface area contributed by atoms with Crippen LogP contribution in [-0.2, 0) is 49.6 Å². The molecule has 1 fully saturated rings. The lowest BCUT2D eigenvalue weighted by molar-refractivity contribution is -0.136. The van der Waals surface area contributed by atoms with Crippen molar-refractivity contribution >= 4 is 52.9 Å². The molecule has 406 valence electrons. The number of hydrogen-bond acceptors (Lipinski definition) is 15. The lowest BCUT2D eigenvalue weighted by Gasteiger charge is -2.28. The number of aliphatic hydroxyl groups is 3. The van der Waals surface area contributed by atoms with Crippen LogP contribution in [-0.4, -0.2) is 149 Å². The van der Waals surface area contributed by atoms with Crippen LogP contribution in [0.1, 0.15) is 123 Å². The molecule has 0 radical (unpaired) electrons. The maximum Gasteiger partial charge on any atom is 0.243 e. The third-order valence-electron chi connectivity index (χ3n) is 12.5. The standard InChI is InChI=1S/C50H84N10O12/c1-5-6-7-8-12-15-34(63)27-35(64)26-33(29-61)44(66)56-40-19-23-54-45(67)36(31(4)62)28-43(65)37(16-20-51)55-46(68)38(17-21-52)58-49(71)41(24-30(2)3)59-50(72)42(25-32-13-10-9-11-14-32)60-47(69)39(18-22-53)57-48(40)70/h9-11,13-14,30-31,33-34,36-42,61-63H,5-8,12,15-29,51-53H2,1-4H3,(H,54,67)(H,55,68)(H,56,66)(H,57,70)(H,58,71)(H,59,72)(H,60,69)/t31-,33-,34-,36+,37+,38+,39+,40+,41+,42-/m1/s1. The predicted molar refractivity (Wildman–Crippen MR) is 269 cm³/mol. The minimum Gasteiger partial charge on any atom is -0.396 e. The van der Waals surface area contributed by atoms with Crippen LogP contribution >= 0.6 is 0 Å². The van der Waals surface area contributed by atoms with Gasteiger partial charge in [0, 0.05) is 32.2 Å². The van der Waals surface area contributed by atoms with Gasteiger partial charge in [-0.05, 0) is 76.6 Å². The summed E-state index contributed by atoms with van der Waals surface area (Å²) < 4.78 is 0. The topological polar surface area (TPSA) is 377 Å². The van der Waals surface area contributed by atoms with Crippen molar-refractivity contribution in [3.8, 4) is 0 Å². The van der Waals surface area contributed by atoms with Crippen molar-refractivity contribution < 1.29 is 58.5 Å². The first-order chi connectivity index (χ1) is 34.3. The van der Waals surface area contributed by atoms with Gasteiger partial charge in [-0.15, -0.1) is 0 Å². The number of hydrogen-bond donors (Lipinski definition) is 13. The molecule has 0 bridgehead atoms. The Morgan fingerprint density at radius 1 is 0.681 bits per heavy atom. The molecule has 0 unspecified atom stereocenters. The van der Waals surface area contributed by atoms with Crippen molar-refractivity contribution in [2.75, 3.05) is 32.8 Å². The van der Waals surface area contributed by atoms with E-state index in [1.165, 1.54) is 6.92 Å². The van der Waals surface area contributed by atoms with E-state index in [-0.39, 0.29) is 77.0 Å². The van der Waals surface area contributed by atoms with Gasteiger partial charge in [-0.1, -0.05) is 83.2 Å². The number of rotatable bonds is 24. The van der Waals surface area contributed by atoms with Crippen LogP contribution in [0, 0.1) is 17.8 Å². The average molecular weight is 1020 g/mol. The molecule has 1 aromatic carbocycles. The molecule has 7 amide bonds. The summed E-state index contributed by atoms with van der Waals surface area (Å²) in [6.07, 6.45) is 0.786. The number of amides is 7. The SMILES string of the molecule is CCCCCCC[C@@H](O)CC(=O)C[C@H](CO)C(=O)N[C@H]1CCNC(=O)[C@H]([C@@H](C)O)CC(=O)[C@H](CCN)NC(=O)[C@H](CCN)NC(=O)[C@H](CC(C)C)NC(=O)[C@@H](Cc2ccccc2)NC(=O)[C@H](CCN)NC1=O.